The van der Waals surface area contributed by atoms with Crippen LogP contribution in [-0.4, -0.2) is 32.7 Å². The number of carbonyl (C=O) groups excluding carboxylic acids is 2. The molecule has 2 aromatic heterocycles. The van der Waals surface area contributed by atoms with Crippen LogP contribution in [0.5, 0.6) is 0 Å². The van der Waals surface area contributed by atoms with Gasteiger partial charge in [0.2, 0.25) is 0 Å². The van der Waals surface area contributed by atoms with Crippen molar-refractivity contribution in [2.45, 2.75) is 26.3 Å². The summed E-state index contributed by atoms with van der Waals surface area (Å²) in [5.74, 6) is -0.671. The van der Waals surface area contributed by atoms with E-state index in [0.717, 1.165) is 5.39 Å². The fraction of sp³-hybridized carbons (Fsp3) is 0.235. The van der Waals surface area contributed by atoms with Crippen molar-refractivity contribution in [2.24, 2.45) is 0 Å². The highest BCUT2D eigenvalue weighted by molar-refractivity contribution is 5.95. The molecule has 0 saturated carbocycles. The van der Waals surface area contributed by atoms with Gasteiger partial charge in [-0.25, -0.2) is 9.78 Å². The summed E-state index contributed by atoms with van der Waals surface area (Å²) in [7, 11) is 0. The van der Waals surface area contributed by atoms with Crippen LogP contribution in [0.15, 0.2) is 47.5 Å². The largest absolute Gasteiger partial charge is 0.439 e. The Morgan fingerprint density at radius 2 is 2.00 bits per heavy atom. The number of anilines is 1. The summed E-state index contributed by atoms with van der Waals surface area (Å²) in [4.78, 5) is 38.6. The maximum atomic E-state index is 12.6. The van der Waals surface area contributed by atoms with Crippen molar-refractivity contribution in [1.82, 2.24) is 20.6 Å². The Balaban J connectivity index is 1.79. The molecule has 9 heteroatoms. The van der Waals surface area contributed by atoms with Crippen molar-refractivity contribution < 1.29 is 18.9 Å². The summed E-state index contributed by atoms with van der Waals surface area (Å²) in [6.07, 6.45) is 4.88. The molecule has 0 aliphatic heterocycles. The predicted molar refractivity (Wildman–Crippen MR) is 92.2 cm³/mol. The molecule has 0 fully saturated rings. The lowest BCUT2D eigenvalue weighted by atomic mass is 10.1. The van der Waals surface area contributed by atoms with Gasteiger partial charge in [-0.15, -0.1) is 0 Å². The first-order valence-electron chi connectivity index (χ1n) is 7.78. The monoisotopic (exact) mass is 355 g/mol. The third kappa shape index (κ3) is 3.61. The standard InChI is InChI=1S/C17H17N5O4/c1-17(2,3)22(12-4-5-14-11(8-12)9-20-25-14)16(24)26-21-15(23)13-10-18-6-7-19-13/h4-10H,1-3H3,(H,21,23). The van der Waals surface area contributed by atoms with Gasteiger partial charge in [0.15, 0.2) is 5.58 Å². The van der Waals surface area contributed by atoms with Gasteiger partial charge in [-0.3, -0.25) is 14.7 Å². The fourth-order valence-electron chi connectivity index (χ4n) is 2.37. The highest BCUT2D eigenvalue weighted by Crippen LogP contribution is 2.28. The van der Waals surface area contributed by atoms with E-state index in [-0.39, 0.29) is 5.69 Å². The lowest BCUT2D eigenvalue weighted by Gasteiger charge is -2.34. The van der Waals surface area contributed by atoms with Crippen molar-refractivity contribution in [2.75, 3.05) is 4.90 Å². The van der Waals surface area contributed by atoms with Crippen molar-refractivity contribution in [3.05, 3.63) is 48.7 Å². The van der Waals surface area contributed by atoms with Crippen LogP contribution in [0.3, 0.4) is 0 Å². The molecule has 3 aromatic rings. The lowest BCUT2D eigenvalue weighted by Crippen LogP contribution is -2.48. The summed E-state index contributed by atoms with van der Waals surface area (Å²) >= 11 is 0. The molecule has 26 heavy (non-hydrogen) atoms. The smallest absolute Gasteiger partial charge is 0.356 e. The molecule has 0 aliphatic carbocycles. The zero-order valence-electron chi connectivity index (χ0n) is 14.5. The van der Waals surface area contributed by atoms with Gasteiger partial charge in [0.05, 0.1) is 12.4 Å². The molecule has 134 valence electrons. The van der Waals surface area contributed by atoms with Gasteiger partial charge in [0.1, 0.15) is 5.69 Å². The van der Waals surface area contributed by atoms with Crippen LogP contribution in [0, 0.1) is 0 Å². The van der Waals surface area contributed by atoms with Gasteiger partial charge in [0.25, 0.3) is 0 Å². The van der Waals surface area contributed by atoms with Gasteiger partial charge >= 0.3 is 12.0 Å². The minimum absolute atomic E-state index is 0.0356. The SMILES string of the molecule is CC(C)(C)N(C(=O)ONC(=O)c1cnccn1)c1ccc2oncc2c1. The molecule has 1 N–H and O–H groups in total. The van der Waals surface area contributed by atoms with E-state index in [1.54, 1.807) is 24.4 Å². The van der Waals surface area contributed by atoms with Gasteiger partial charge in [-0.05, 0) is 39.0 Å². The highest BCUT2D eigenvalue weighted by Gasteiger charge is 2.30. The number of carbonyl (C=O) groups is 2. The summed E-state index contributed by atoms with van der Waals surface area (Å²) < 4.78 is 5.07. The highest BCUT2D eigenvalue weighted by atomic mass is 16.7. The number of nitrogens with one attached hydrogen (secondary N) is 1. The summed E-state index contributed by atoms with van der Waals surface area (Å²) in [5.41, 5.74) is 2.69. The molecule has 0 atom stereocenters. The van der Waals surface area contributed by atoms with E-state index in [0.29, 0.717) is 11.3 Å². The number of benzene rings is 1. The molecule has 1 aromatic carbocycles. The first-order valence-corrected chi connectivity index (χ1v) is 7.78. The molecule has 0 aliphatic rings. The average molecular weight is 355 g/mol. The molecular weight excluding hydrogens is 338 g/mol. The molecule has 0 saturated heterocycles. The Morgan fingerprint density at radius 1 is 1.19 bits per heavy atom. The molecule has 3 rings (SSSR count). The number of hydrogen-bond donors (Lipinski definition) is 1. The number of hydrogen-bond acceptors (Lipinski definition) is 7. The Bertz CT molecular complexity index is 933. The average Bonchev–Trinajstić information content (AvgIpc) is 3.07. The van der Waals surface area contributed by atoms with E-state index in [4.69, 9.17) is 9.36 Å². The van der Waals surface area contributed by atoms with Gasteiger partial charge in [-0.1, -0.05) is 5.16 Å². The minimum atomic E-state index is -0.745. The maximum Gasteiger partial charge on any atom is 0.439 e. The van der Waals surface area contributed by atoms with E-state index in [1.165, 1.54) is 23.5 Å². The molecule has 0 bridgehead atoms. The summed E-state index contributed by atoms with van der Waals surface area (Å²) in [6.45, 7) is 5.53. The number of nitrogens with zero attached hydrogens (tertiary/aromatic N) is 4. The second kappa shape index (κ2) is 6.79. The second-order valence-electron chi connectivity index (χ2n) is 6.44. The van der Waals surface area contributed by atoms with Crippen LogP contribution >= 0.6 is 0 Å². The Morgan fingerprint density at radius 3 is 2.69 bits per heavy atom. The van der Waals surface area contributed by atoms with Gasteiger partial charge in [0, 0.05) is 29.0 Å². The van der Waals surface area contributed by atoms with Crippen molar-refractivity contribution in [1.29, 1.82) is 0 Å². The first-order chi connectivity index (χ1) is 12.4. The maximum absolute atomic E-state index is 12.6. The Kier molecular flexibility index (Phi) is 4.53. The number of aromatic nitrogens is 3. The summed E-state index contributed by atoms with van der Waals surface area (Å²) in [5, 5.41) is 4.47. The molecule has 2 amide bonds. The van der Waals surface area contributed by atoms with E-state index in [1.807, 2.05) is 20.8 Å². The molecule has 2 heterocycles. The number of hydroxylamine groups is 1. The number of rotatable bonds is 2. The second-order valence-corrected chi connectivity index (χ2v) is 6.44. The van der Waals surface area contributed by atoms with E-state index in [2.05, 4.69) is 20.6 Å². The van der Waals surface area contributed by atoms with Crippen molar-refractivity contribution >= 4 is 28.7 Å². The fourth-order valence-corrected chi connectivity index (χ4v) is 2.37. The predicted octanol–water partition coefficient (Wildman–Crippen LogP) is 2.70. The van der Waals surface area contributed by atoms with Crippen LogP contribution in [0.2, 0.25) is 0 Å². The van der Waals surface area contributed by atoms with Crippen LogP contribution in [0.25, 0.3) is 11.0 Å². The van der Waals surface area contributed by atoms with Crippen LogP contribution in [0.1, 0.15) is 31.3 Å². The normalized spacial score (nSPS) is 11.2. The van der Waals surface area contributed by atoms with Crippen molar-refractivity contribution in [3.63, 3.8) is 0 Å². The Labute approximate surface area is 148 Å². The molecule has 0 radical (unpaired) electrons. The minimum Gasteiger partial charge on any atom is -0.356 e. The third-order valence-electron chi connectivity index (χ3n) is 3.47. The van der Waals surface area contributed by atoms with Crippen LogP contribution in [-0.2, 0) is 4.84 Å². The lowest BCUT2D eigenvalue weighted by molar-refractivity contribution is 0.0576. The first kappa shape index (κ1) is 17.3. The van der Waals surface area contributed by atoms with Gasteiger partial charge < -0.3 is 9.36 Å². The zero-order valence-corrected chi connectivity index (χ0v) is 14.5. The molecule has 0 unspecified atom stereocenters. The summed E-state index contributed by atoms with van der Waals surface area (Å²) in [6, 6.07) is 5.18. The Hall–Kier alpha value is -3.49. The van der Waals surface area contributed by atoms with Gasteiger partial charge in [-0.2, -0.15) is 5.48 Å². The molecular formula is C17H17N5O4. The number of amides is 2. The quantitative estimate of drug-likeness (QED) is 0.704. The van der Waals surface area contributed by atoms with E-state index >= 15 is 0 Å². The van der Waals surface area contributed by atoms with Crippen LogP contribution < -0.4 is 10.4 Å². The topological polar surface area (TPSA) is 110 Å². The van der Waals surface area contributed by atoms with Crippen LogP contribution in [0.4, 0.5) is 10.5 Å². The molecule has 0 spiro atoms. The molecule has 9 nitrogen and oxygen atoms in total. The number of fused-ring (bicyclic) bond motifs is 1. The third-order valence-corrected chi connectivity index (χ3v) is 3.47. The zero-order chi connectivity index (χ0) is 18.7. The van der Waals surface area contributed by atoms with E-state index < -0.39 is 17.5 Å². The van der Waals surface area contributed by atoms with Crippen molar-refractivity contribution in [3.8, 4) is 0 Å². The van der Waals surface area contributed by atoms with E-state index in [9.17, 15) is 9.59 Å².